The number of likely N-dealkylation sites (tertiary alicyclic amines) is 1. The van der Waals surface area contributed by atoms with Gasteiger partial charge in [-0.3, -0.25) is 47.9 Å². The van der Waals surface area contributed by atoms with Crippen molar-refractivity contribution in [2.75, 3.05) is 52.6 Å². The minimum Gasteiger partial charge on any atom is -0.394 e. The number of fused-ring (bicyclic) bond motifs is 2. The Morgan fingerprint density at radius 1 is 0.704 bits per heavy atom. The van der Waals surface area contributed by atoms with Crippen molar-refractivity contribution in [1.82, 2.24) is 47.4 Å². The minimum atomic E-state index is -1.66. The second-order valence-electron chi connectivity index (χ2n) is 16.9. The van der Waals surface area contributed by atoms with Crippen LogP contribution in [-0.4, -0.2) is 179 Å². The Balaban J connectivity index is 1.32. The normalized spacial score (nSPS) is 18.8. The predicted octanol–water partition coefficient (Wildman–Crippen LogP) is -5.21. The van der Waals surface area contributed by atoms with Crippen LogP contribution < -0.4 is 42.5 Å². The second-order valence-corrected chi connectivity index (χ2v) is 16.9. The number of hydrogen-bond acceptors (Lipinski definition) is 15. The molecule has 2 bridgehead atoms. The van der Waals surface area contributed by atoms with Crippen LogP contribution in [0.4, 0.5) is 0 Å². The summed E-state index contributed by atoms with van der Waals surface area (Å²) < 4.78 is 0. The molecule has 71 heavy (non-hydrogen) atoms. The fourth-order valence-electron chi connectivity index (χ4n) is 7.71. The van der Waals surface area contributed by atoms with Crippen LogP contribution in [0.3, 0.4) is 0 Å². The number of allylic oxidation sites excluding steroid dienone is 1. The third-order valence-electron chi connectivity index (χ3n) is 11.6. The van der Waals surface area contributed by atoms with Gasteiger partial charge in [-0.1, -0.05) is 61.2 Å². The van der Waals surface area contributed by atoms with Crippen molar-refractivity contribution in [3.8, 4) is 0 Å². The monoisotopic (exact) mass is 991 g/mol. The zero-order chi connectivity index (χ0) is 52.0. The first kappa shape index (κ1) is 56.2. The van der Waals surface area contributed by atoms with Crippen LogP contribution in [0.15, 0.2) is 61.2 Å². The van der Waals surface area contributed by atoms with E-state index in [9.17, 15) is 68.1 Å². The van der Waals surface area contributed by atoms with Crippen LogP contribution in [-0.2, 0) is 65.6 Å². The molecular formula is C47H61N9O15. The zero-order valence-corrected chi connectivity index (χ0v) is 38.9. The lowest BCUT2D eigenvalue weighted by Gasteiger charge is -2.30. The van der Waals surface area contributed by atoms with Gasteiger partial charge in [-0.05, 0) is 47.9 Å². The maximum Gasteiger partial charge on any atom is 0.246 e. The molecule has 2 aromatic carbocycles. The van der Waals surface area contributed by atoms with Crippen molar-refractivity contribution < 1.29 is 73.2 Å². The Morgan fingerprint density at radius 3 is 1.82 bits per heavy atom. The van der Waals surface area contributed by atoms with Gasteiger partial charge in [-0.2, -0.15) is 0 Å². The number of amides is 9. The summed E-state index contributed by atoms with van der Waals surface area (Å²) in [6.07, 6.45) is 1.58. The summed E-state index contributed by atoms with van der Waals surface area (Å²) >= 11 is 0. The Bertz CT molecular complexity index is 2280. The van der Waals surface area contributed by atoms with Crippen molar-refractivity contribution in [2.45, 2.75) is 81.2 Å². The molecule has 2 heterocycles. The van der Waals surface area contributed by atoms with Crippen molar-refractivity contribution >= 4 is 70.8 Å². The molecule has 1 fully saturated rings. The average Bonchev–Trinajstić information content (AvgIpc) is 3.87. The number of hydrogen-bond donors (Lipinski definition) is 12. The first-order chi connectivity index (χ1) is 34.0. The molecule has 2 aromatic rings. The zero-order valence-electron chi connectivity index (χ0n) is 38.9. The van der Waals surface area contributed by atoms with Gasteiger partial charge in [0.1, 0.15) is 48.3 Å². The van der Waals surface area contributed by atoms with Crippen LogP contribution in [0.25, 0.3) is 5.57 Å². The summed E-state index contributed by atoms with van der Waals surface area (Å²) in [6, 6.07) is 8.02. The lowest BCUT2D eigenvalue weighted by atomic mass is 9.91. The maximum absolute atomic E-state index is 14.5. The number of rotatable bonds is 22. The van der Waals surface area contributed by atoms with Crippen LogP contribution in [0.2, 0.25) is 0 Å². The van der Waals surface area contributed by atoms with Gasteiger partial charge in [-0.25, -0.2) is 0 Å². The molecule has 9 amide bonds. The van der Waals surface area contributed by atoms with Crippen molar-refractivity contribution in [2.24, 2.45) is 5.92 Å². The highest BCUT2D eigenvalue weighted by Crippen LogP contribution is 2.25. The quantitative estimate of drug-likeness (QED) is 0.0491. The number of nitrogens with zero attached hydrogens (tertiary/aromatic N) is 1. The van der Waals surface area contributed by atoms with E-state index in [-0.39, 0.29) is 50.7 Å². The average molecular weight is 992 g/mol. The molecule has 4 unspecified atom stereocenters. The highest BCUT2D eigenvalue weighted by Gasteiger charge is 2.40. The molecule has 0 radical (unpaired) electrons. The SMILES string of the molecule is C=C1CCC(=O)C[C@@H](Cc2ccccc2)C(=O)N[C@H](C(=O)N2CCC[C@H]2C(=O)NC(CO)C(=O)NCC(=O)NC(CO)C(=O)NCC(=O)NC(CO)C(=O)NCC(=O)NC(C=O)CO)Cc2cccc1c2. The number of nitrogens with one attached hydrogen (secondary N) is 8. The number of carbonyl (C=O) groups excluding carboxylic acids is 11. The first-order valence-electron chi connectivity index (χ1n) is 22.8. The molecule has 4 rings (SSSR count). The van der Waals surface area contributed by atoms with Gasteiger partial charge in [0.15, 0.2) is 0 Å². The summed E-state index contributed by atoms with van der Waals surface area (Å²) in [6.45, 7) is -1.58. The first-order valence-corrected chi connectivity index (χ1v) is 22.8. The van der Waals surface area contributed by atoms with Crippen molar-refractivity contribution in [3.63, 3.8) is 0 Å². The fraction of sp³-hybridized carbons (Fsp3) is 0.468. The number of benzene rings is 2. The molecule has 0 saturated carbocycles. The molecule has 7 atom stereocenters. The number of carbonyl (C=O) groups is 11. The molecule has 384 valence electrons. The Kier molecular flexibility index (Phi) is 22.4. The van der Waals surface area contributed by atoms with E-state index in [1.165, 1.54) is 4.90 Å². The van der Waals surface area contributed by atoms with Crippen molar-refractivity contribution in [3.05, 3.63) is 77.9 Å². The van der Waals surface area contributed by atoms with E-state index in [4.69, 9.17) is 5.11 Å². The molecule has 1 saturated heterocycles. The second kappa shape index (κ2) is 28.3. The summed E-state index contributed by atoms with van der Waals surface area (Å²) in [4.78, 5) is 143. The van der Waals surface area contributed by atoms with Gasteiger partial charge in [0.05, 0.1) is 46.1 Å². The number of ketones is 1. The summed E-state index contributed by atoms with van der Waals surface area (Å²) in [5.41, 5.74) is 3.01. The largest absolute Gasteiger partial charge is 0.394 e. The van der Waals surface area contributed by atoms with Crippen molar-refractivity contribution in [1.29, 1.82) is 0 Å². The number of aliphatic hydroxyl groups is 4. The fourth-order valence-corrected chi connectivity index (χ4v) is 7.71. The maximum atomic E-state index is 14.5. The lowest BCUT2D eigenvalue weighted by molar-refractivity contribution is -0.143. The van der Waals surface area contributed by atoms with E-state index in [1.54, 1.807) is 12.1 Å². The Labute approximate surface area is 408 Å². The molecule has 24 nitrogen and oxygen atoms in total. The Morgan fingerprint density at radius 2 is 1.27 bits per heavy atom. The lowest BCUT2D eigenvalue weighted by Crippen LogP contribution is -2.58. The van der Waals surface area contributed by atoms with Gasteiger partial charge in [0.25, 0.3) is 0 Å². The highest BCUT2D eigenvalue weighted by molar-refractivity contribution is 5.97. The molecular weight excluding hydrogens is 931 g/mol. The van der Waals surface area contributed by atoms with Crippen LogP contribution in [0.5, 0.6) is 0 Å². The molecule has 24 heteroatoms. The standard InChI is InChI=1S/C47H61N9O15/c1-27-12-13-33(62)18-31(15-28-7-3-2-4-8-28)42(66)54-34(17-29-9-5-10-30(27)16-29)47(71)56-14-6-11-38(56)46(70)55-37(26-61)45(69)50-21-41(65)53-36(25-60)44(68)49-20-40(64)52-35(24-59)43(67)48-19-39(63)51-32(22-57)23-58/h2-5,7-10,16,22,31-32,34-38,58-61H,1,6,11-15,17-21,23-26H2,(H,48,67)(H,49,68)(H,50,69)(H,51,63)(H,52,64)(H,53,65)(H,54,66)(H,55,70)/t31-,32?,34+,35?,36?,37?,38+/m1/s1. The molecule has 0 aromatic heterocycles. The Hall–Kier alpha value is -7.41. The van der Waals surface area contributed by atoms with E-state index in [0.717, 1.165) is 16.7 Å². The number of aliphatic hydroxyl groups excluding tert-OH is 4. The molecule has 0 aliphatic carbocycles. The third-order valence-corrected chi connectivity index (χ3v) is 11.6. The molecule has 2 aliphatic heterocycles. The van der Waals surface area contributed by atoms with E-state index >= 15 is 0 Å². The van der Waals surface area contributed by atoms with Crippen LogP contribution in [0.1, 0.15) is 48.8 Å². The van der Waals surface area contributed by atoms with Crippen LogP contribution >= 0.6 is 0 Å². The van der Waals surface area contributed by atoms with Gasteiger partial charge < -0.3 is 72.7 Å². The van der Waals surface area contributed by atoms with Gasteiger partial charge in [0.2, 0.25) is 53.2 Å². The van der Waals surface area contributed by atoms with E-state index in [0.29, 0.717) is 18.4 Å². The van der Waals surface area contributed by atoms with E-state index < -0.39 is 141 Å². The topological polar surface area (TPSA) is 368 Å². The smallest absolute Gasteiger partial charge is 0.246 e. The van der Waals surface area contributed by atoms with Crippen LogP contribution in [0, 0.1) is 5.92 Å². The minimum absolute atomic E-state index is 0.0372. The molecule has 0 spiro atoms. The summed E-state index contributed by atoms with van der Waals surface area (Å²) in [5, 5.41) is 56.4. The summed E-state index contributed by atoms with van der Waals surface area (Å²) in [7, 11) is 0. The highest BCUT2D eigenvalue weighted by atomic mass is 16.3. The predicted molar refractivity (Wildman–Crippen MR) is 249 cm³/mol. The van der Waals surface area contributed by atoms with E-state index in [1.807, 2.05) is 42.5 Å². The van der Waals surface area contributed by atoms with Gasteiger partial charge >= 0.3 is 0 Å². The molecule has 12 N–H and O–H groups in total. The number of aldehydes is 1. The summed E-state index contributed by atoms with van der Waals surface area (Å²) in [5.74, 6) is -8.88. The number of Topliss-reactive ketones (excluding diaryl/α,β-unsaturated/α-hetero) is 1. The molecule has 2 aliphatic rings. The third kappa shape index (κ3) is 17.5. The van der Waals surface area contributed by atoms with Gasteiger partial charge in [0, 0.05) is 31.7 Å². The van der Waals surface area contributed by atoms with E-state index in [2.05, 4.69) is 49.1 Å². The van der Waals surface area contributed by atoms with Gasteiger partial charge in [-0.15, -0.1) is 0 Å².